The molecule has 4 nitrogen and oxygen atoms in total. The Kier molecular flexibility index (Phi) is 5.99. The third kappa shape index (κ3) is 5.50. The SMILES string of the molecule is CC(C)(CCN1CCCCCC1)NC(=O)c1ccc(O)cc1F. The summed E-state index contributed by atoms with van der Waals surface area (Å²) in [6, 6.07) is 3.59. The van der Waals surface area contributed by atoms with Crippen LogP contribution in [0.25, 0.3) is 0 Å². The first-order valence-corrected chi connectivity index (χ1v) is 8.41. The van der Waals surface area contributed by atoms with Crippen LogP contribution in [0.3, 0.4) is 0 Å². The molecule has 0 aliphatic carbocycles. The number of phenolic OH excluding ortho intramolecular Hbond substituents is 1. The number of halogens is 1. The van der Waals surface area contributed by atoms with E-state index in [4.69, 9.17) is 0 Å². The zero-order valence-corrected chi connectivity index (χ0v) is 14.1. The number of aromatic hydroxyl groups is 1. The summed E-state index contributed by atoms with van der Waals surface area (Å²) in [5.74, 6) is -1.33. The minimum absolute atomic E-state index is 0.0364. The van der Waals surface area contributed by atoms with Crippen molar-refractivity contribution in [1.82, 2.24) is 10.2 Å². The van der Waals surface area contributed by atoms with Gasteiger partial charge in [0.15, 0.2) is 0 Å². The van der Waals surface area contributed by atoms with Gasteiger partial charge >= 0.3 is 0 Å². The van der Waals surface area contributed by atoms with Crippen LogP contribution < -0.4 is 5.32 Å². The lowest BCUT2D eigenvalue weighted by Crippen LogP contribution is -2.46. The van der Waals surface area contributed by atoms with Crippen LogP contribution in [0.2, 0.25) is 0 Å². The standard InChI is InChI=1S/C18H27FN2O2/c1-18(2,9-12-21-10-5-3-4-6-11-21)20-17(23)15-8-7-14(22)13-16(15)19/h7-8,13,22H,3-6,9-12H2,1-2H3,(H,20,23). The van der Waals surface area contributed by atoms with Crippen molar-refractivity contribution in [1.29, 1.82) is 0 Å². The van der Waals surface area contributed by atoms with Gasteiger partial charge in [0.25, 0.3) is 5.91 Å². The van der Waals surface area contributed by atoms with Crippen molar-refractivity contribution >= 4 is 5.91 Å². The zero-order chi connectivity index (χ0) is 16.9. The summed E-state index contributed by atoms with van der Waals surface area (Å²) in [5, 5.41) is 12.1. The topological polar surface area (TPSA) is 52.6 Å². The van der Waals surface area contributed by atoms with Gasteiger partial charge in [0.2, 0.25) is 0 Å². The quantitative estimate of drug-likeness (QED) is 0.874. The fourth-order valence-corrected chi connectivity index (χ4v) is 2.92. The van der Waals surface area contributed by atoms with Crippen molar-refractivity contribution < 1.29 is 14.3 Å². The molecule has 1 amide bonds. The average Bonchev–Trinajstić information content (AvgIpc) is 2.73. The van der Waals surface area contributed by atoms with Crippen molar-refractivity contribution in [3.63, 3.8) is 0 Å². The molecular weight excluding hydrogens is 295 g/mol. The van der Waals surface area contributed by atoms with Crippen LogP contribution in [-0.4, -0.2) is 41.1 Å². The molecule has 2 rings (SSSR count). The predicted octanol–water partition coefficient (Wildman–Crippen LogP) is 3.31. The highest BCUT2D eigenvalue weighted by atomic mass is 19.1. The molecule has 5 heteroatoms. The second kappa shape index (κ2) is 7.77. The Balaban J connectivity index is 1.90. The molecule has 128 valence electrons. The van der Waals surface area contributed by atoms with E-state index >= 15 is 0 Å². The van der Waals surface area contributed by atoms with Crippen LogP contribution in [-0.2, 0) is 0 Å². The molecule has 0 unspecified atom stereocenters. The Morgan fingerprint density at radius 2 is 1.91 bits per heavy atom. The van der Waals surface area contributed by atoms with Gasteiger partial charge in [-0.05, 0) is 58.3 Å². The molecule has 1 aliphatic rings. The van der Waals surface area contributed by atoms with Gasteiger partial charge in [-0.2, -0.15) is 0 Å². The Hall–Kier alpha value is -1.62. The molecule has 0 aromatic heterocycles. The van der Waals surface area contributed by atoms with E-state index in [1.54, 1.807) is 0 Å². The molecular formula is C18H27FN2O2. The highest BCUT2D eigenvalue weighted by Gasteiger charge is 2.24. The molecule has 1 saturated heterocycles. The van der Waals surface area contributed by atoms with E-state index in [0.29, 0.717) is 0 Å². The van der Waals surface area contributed by atoms with Crippen LogP contribution >= 0.6 is 0 Å². The molecule has 1 aromatic carbocycles. The highest BCUT2D eigenvalue weighted by Crippen LogP contribution is 2.18. The first kappa shape index (κ1) is 17.7. The summed E-state index contributed by atoms with van der Waals surface area (Å²) in [4.78, 5) is 14.7. The number of hydrogen-bond donors (Lipinski definition) is 2. The summed E-state index contributed by atoms with van der Waals surface area (Å²) >= 11 is 0. The molecule has 1 aliphatic heterocycles. The third-order valence-corrected chi connectivity index (χ3v) is 4.40. The number of hydrogen-bond acceptors (Lipinski definition) is 3. The Bertz CT molecular complexity index is 538. The van der Waals surface area contributed by atoms with Gasteiger partial charge in [0.1, 0.15) is 11.6 Å². The number of likely N-dealkylation sites (tertiary alicyclic amines) is 1. The number of carbonyl (C=O) groups is 1. The molecule has 0 bridgehead atoms. The zero-order valence-electron chi connectivity index (χ0n) is 14.1. The van der Waals surface area contributed by atoms with E-state index in [1.165, 1.54) is 37.8 Å². The largest absolute Gasteiger partial charge is 0.508 e. The lowest BCUT2D eigenvalue weighted by Gasteiger charge is -2.30. The first-order valence-electron chi connectivity index (χ1n) is 8.41. The molecule has 0 atom stereocenters. The lowest BCUT2D eigenvalue weighted by atomic mass is 9.99. The average molecular weight is 322 g/mol. The predicted molar refractivity (Wildman–Crippen MR) is 89.1 cm³/mol. The monoisotopic (exact) mass is 322 g/mol. The van der Waals surface area contributed by atoms with Crippen LogP contribution in [0.15, 0.2) is 18.2 Å². The van der Waals surface area contributed by atoms with Gasteiger partial charge < -0.3 is 15.3 Å². The fraction of sp³-hybridized carbons (Fsp3) is 0.611. The normalized spacial score (nSPS) is 16.8. The van der Waals surface area contributed by atoms with E-state index in [-0.39, 0.29) is 11.3 Å². The molecule has 23 heavy (non-hydrogen) atoms. The van der Waals surface area contributed by atoms with E-state index in [0.717, 1.165) is 32.1 Å². The van der Waals surface area contributed by atoms with E-state index in [1.807, 2.05) is 13.8 Å². The second-order valence-electron chi connectivity index (χ2n) is 7.01. The van der Waals surface area contributed by atoms with Gasteiger partial charge in [-0.25, -0.2) is 4.39 Å². The van der Waals surface area contributed by atoms with Crippen molar-refractivity contribution in [2.45, 2.75) is 51.5 Å². The molecule has 0 radical (unpaired) electrons. The number of rotatable bonds is 5. The Morgan fingerprint density at radius 1 is 1.26 bits per heavy atom. The lowest BCUT2D eigenvalue weighted by molar-refractivity contribution is 0.0898. The van der Waals surface area contributed by atoms with E-state index < -0.39 is 17.3 Å². The maximum atomic E-state index is 13.8. The van der Waals surface area contributed by atoms with Gasteiger partial charge in [-0.1, -0.05) is 12.8 Å². The Labute approximate surface area is 137 Å². The minimum atomic E-state index is -0.703. The van der Waals surface area contributed by atoms with Crippen LogP contribution in [0, 0.1) is 5.82 Å². The third-order valence-electron chi connectivity index (χ3n) is 4.40. The number of nitrogens with one attached hydrogen (secondary N) is 1. The van der Waals surface area contributed by atoms with Gasteiger partial charge in [-0.3, -0.25) is 4.79 Å². The molecule has 1 heterocycles. The Morgan fingerprint density at radius 3 is 2.52 bits per heavy atom. The van der Waals surface area contributed by atoms with E-state index in [9.17, 15) is 14.3 Å². The van der Waals surface area contributed by atoms with Crippen molar-refractivity contribution in [2.24, 2.45) is 0 Å². The number of carbonyl (C=O) groups excluding carboxylic acids is 1. The summed E-state index contributed by atoms with van der Waals surface area (Å²) in [7, 11) is 0. The summed E-state index contributed by atoms with van der Waals surface area (Å²) in [6.07, 6.45) is 5.91. The summed E-state index contributed by atoms with van der Waals surface area (Å²) in [5.41, 5.74) is -0.445. The van der Waals surface area contributed by atoms with Crippen molar-refractivity contribution in [3.8, 4) is 5.75 Å². The molecule has 1 aromatic rings. The maximum Gasteiger partial charge on any atom is 0.254 e. The fourth-order valence-electron chi connectivity index (χ4n) is 2.92. The highest BCUT2D eigenvalue weighted by molar-refractivity contribution is 5.95. The van der Waals surface area contributed by atoms with Crippen LogP contribution in [0.1, 0.15) is 56.3 Å². The maximum absolute atomic E-state index is 13.8. The number of benzene rings is 1. The van der Waals surface area contributed by atoms with Gasteiger partial charge in [0, 0.05) is 18.2 Å². The number of nitrogens with zero attached hydrogens (tertiary/aromatic N) is 1. The first-order chi connectivity index (χ1) is 10.9. The smallest absolute Gasteiger partial charge is 0.254 e. The van der Waals surface area contributed by atoms with Crippen LogP contribution in [0.4, 0.5) is 4.39 Å². The summed E-state index contributed by atoms with van der Waals surface area (Å²) < 4.78 is 13.8. The number of phenols is 1. The van der Waals surface area contributed by atoms with Crippen LogP contribution in [0.5, 0.6) is 5.75 Å². The second-order valence-corrected chi connectivity index (χ2v) is 7.01. The molecule has 0 spiro atoms. The van der Waals surface area contributed by atoms with Crippen molar-refractivity contribution in [2.75, 3.05) is 19.6 Å². The molecule has 2 N–H and O–H groups in total. The molecule has 0 saturated carbocycles. The van der Waals surface area contributed by atoms with Gasteiger partial charge in [-0.15, -0.1) is 0 Å². The van der Waals surface area contributed by atoms with E-state index in [2.05, 4.69) is 10.2 Å². The van der Waals surface area contributed by atoms with Gasteiger partial charge in [0.05, 0.1) is 5.56 Å². The molecule has 1 fully saturated rings. The van der Waals surface area contributed by atoms with Crippen molar-refractivity contribution in [3.05, 3.63) is 29.6 Å². The summed E-state index contributed by atoms with van der Waals surface area (Å²) in [6.45, 7) is 7.10. The number of amides is 1. The minimum Gasteiger partial charge on any atom is -0.508 e.